The van der Waals surface area contributed by atoms with Crippen LogP contribution in [0.2, 0.25) is 0 Å². The maximum Gasteiger partial charge on any atom is 0.213 e. The van der Waals surface area contributed by atoms with Crippen molar-refractivity contribution < 1.29 is 8.42 Å². The van der Waals surface area contributed by atoms with Gasteiger partial charge >= 0.3 is 0 Å². The van der Waals surface area contributed by atoms with Crippen LogP contribution in [0.3, 0.4) is 0 Å². The first kappa shape index (κ1) is 12.3. The fourth-order valence-corrected chi connectivity index (χ4v) is 4.06. The Labute approximate surface area is 97.4 Å². The molecule has 0 radical (unpaired) electrons. The minimum atomic E-state index is -3.10. The molecule has 0 aromatic rings. The van der Waals surface area contributed by atoms with Gasteiger partial charge in [0.15, 0.2) is 0 Å². The summed E-state index contributed by atoms with van der Waals surface area (Å²) in [6.07, 6.45) is 3.87. The van der Waals surface area contributed by atoms with Gasteiger partial charge in [0.2, 0.25) is 10.0 Å². The van der Waals surface area contributed by atoms with Gasteiger partial charge in [-0.3, -0.25) is 0 Å². The zero-order valence-corrected chi connectivity index (χ0v) is 10.4. The van der Waals surface area contributed by atoms with Crippen LogP contribution in [-0.2, 0) is 10.0 Å². The number of nitrogens with one attached hydrogen (secondary N) is 3. The van der Waals surface area contributed by atoms with Gasteiger partial charge in [-0.1, -0.05) is 0 Å². The molecule has 6 heteroatoms. The predicted molar refractivity (Wildman–Crippen MR) is 63.8 cm³/mol. The van der Waals surface area contributed by atoms with Gasteiger partial charge in [-0.25, -0.2) is 13.1 Å². The molecule has 0 amide bonds. The molecule has 0 spiro atoms. The Hall–Kier alpha value is -0.170. The van der Waals surface area contributed by atoms with Crippen molar-refractivity contribution in [3.63, 3.8) is 0 Å². The third-order valence-corrected chi connectivity index (χ3v) is 4.80. The molecule has 0 aromatic heterocycles. The van der Waals surface area contributed by atoms with Crippen LogP contribution in [-0.4, -0.2) is 45.9 Å². The van der Waals surface area contributed by atoms with Crippen LogP contribution in [0.15, 0.2) is 0 Å². The van der Waals surface area contributed by atoms with E-state index in [1.165, 1.54) is 0 Å². The van der Waals surface area contributed by atoms with Gasteiger partial charge in [0.25, 0.3) is 0 Å². The van der Waals surface area contributed by atoms with E-state index in [0.29, 0.717) is 0 Å². The lowest BCUT2D eigenvalue weighted by Gasteiger charge is -2.24. The molecule has 2 aliphatic heterocycles. The summed E-state index contributed by atoms with van der Waals surface area (Å²) >= 11 is 0. The molecule has 1 atom stereocenters. The second-order valence-electron chi connectivity index (χ2n) is 4.72. The first-order valence-electron chi connectivity index (χ1n) is 6.10. The van der Waals surface area contributed by atoms with Gasteiger partial charge in [-0.15, -0.1) is 0 Å². The van der Waals surface area contributed by atoms with E-state index in [9.17, 15) is 8.42 Å². The summed E-state index contributed by atoms with van der Waals surface area (Å²) in [5.74, 6) is 0.233. The Morgan fingerprint density at radius 2 is 1.88 bits per heavy atom. The standard InChI is InChI=1S/C10H21N3O2S/c14-16(15,8-10-2-1-5-12-10)13-9-3-6-11-7-4-9/h9-13H,1-8H2. The second kappa shape index (κ2) is 5.44. The molecular formula is C10H21N3O2S. The van der Waals surface area contributed by atoms with E-state index >= 15 is 0 Å². The number of rotatable bonds is 4. The van der Waals surface area contributed by atoms with Crippen molar-refractivity contribution >= 4 is 10.0 Å². The number of hydrogen-bond acceptors (Lipinski definition) is 4. The van der Waals surface area contributed by atoms with Crippen molar-refractivity contribution in [1.29, 1.82) is 0 Å². The van der Waals surface area contributed by atoms with Gasteiger partial charge in [0, 0.05) is 12.1 Å². The highest BCUT2D eigenvalue weighted by molar-refractivity contribution is 7.89. The highest BCUT2D eigenvalue weighted by Gasteiger charge is 2.25. The van der Waals surface area contributed by atoms with Gasteiger partial charge < -0.3 is 10.6 Å². The lowest BCUT2D eigenvalue weighted by atomic mass is 10.1. The predicted octanol–water partition coefficient (Wildman–Crippen LogP) is -0.590. The van der Waals surface area contributed by atoms with E-state index in [4.69, 9.17) is 0 Å². The average molecular weight is 247 g/mol. The van der Waals surface area contributed by atoms with Crippen LogP contribution in [0.5, 0.6) is 0 Å². The zero-order valence-electron chi connectivity index (χ0n) is 9.54. The highest BCUT2D eigenvalue weighted by Crippen LogP contribution is 2.09. The molecule has 0 aromatic carbocycles. The van der Waals surface area contributed by atoms with E-state index in [0.717, 1.165) is 45.3 Å². The Morgan fingerprint density at radius 1 is 1.12 bits per heavy atom. The maximum atomic E-state index is 11.9. The summed E-state index contributed by atoms with van der Waals surface area (Å²) in [7, 11) is -3.10. The van der Waals surface area contributed by atoms with Gasteiger partial charge in [0.05, 0.1) is 5.75 Å². The summed E-state index contributed by atoms with van der Waals surface area (Å²) in [5.41, 5.74) is 0. The molecule has 2 saturated heterocycles. The van der Waals surface area contributed by atoms with E-state index in [1.54, 1.807) is 0 Å². The second-order valence-corrected chi connectivity index (χ2v) is 6.52. The molecule has 2 heterocycles. The van der Waals surface area contributed by atoms with E-state index in [1.807, 2.05) is 0 Å². The summed E-state index contributed by atoms with van der Waals surface area (Å²) < 4.78 is 26.6. The van der Waals surface area contributed by atoms with Crippen molar-refractivity contribution in [1.82, 2.24) is 15.4 Å². The normalized spacial score (nSPS) is 28.4. The minimum absolute atomic E-state index is 0.132. The van der Waals surface area contributed by atoms with Crippen LogP contribution in [0.25, 0.3) is 0 Å². The minimum Gasteiger partial charge on any atom is -0.317 e. The zero-order chi connectivity index (χ0) is 11.4. The van der Waals surface area contributed by atoms with Gasteiger partial charge in [0.1, 0.15) is 0 Å². The largest absolute Gasteiger partial charge is 0.317 e. The molecular weight excluding hydrogens is 226 g/mol. The SMILES string of the molecule is O=S(=O)(CC1CCCN1)NC1CCNCC1. The summed E-state index contributed by atoms with van der Waals surface area (Å²) in [4.78, 5) is 0. The quantitative estimate of drug-likeness (QED) is 0.621. The van der Waals surface area contributed by atoms with E-state index < -0.39 is 10.0 Å². The molecule has 2 fully saturated rings. The summed E-state index contributed by atoms with van der Waals surface area (Å²) in [5, 5.41) is 6.44. The monoisotopic (exact) mass is 247 g/mol. The van der Waals surface area contributed by atoms with Crippen molar-refractivity contribution in [2.45, 2.75) is 37.8 Å². The Bertz CT molecular complexity index is 306. The van der Waals surface area contributed by atoms with Gasteiger partial charge in [-0.2, -0.15) is 0 Å². The molecule has 16 heavy (non-hydrogen) atoms. The molecule has 2 aliphatic rings. The molecule has 1 unspecified atom stereocenters. The molecule has 2 rings (SSSR count). The molecule has 0 saturated carbocycles. The Morgan fingerprint density at radius 3 is 2.50 bits per heavy atom. The molecule has 0 bridgehead atoms. The maximum absolute atomic E-state index is 11.9. The molecule has 5 nitrogen and oxygen atoms in total. The van der Waals surface area contributed by atoms with E-state index in [-0.39, 0.29) is 17.8 Å². The number of sulfonamides is 1. The van der Waals surface area contributed by atoms with Crippen LogP contribution in [0.1, 0.15) is 25.7 Å². The topological polar surface area (TPSA) is 70.2 Å². The van der Waals surface area contributed by atoms with E-state index in [2.05, 4.69) is 15.4 Å². The number of hydrogen-bond donors (Lipinski definition) is 3. The van der Waals surface area contributed by atoms with Crippen molar-refractivity contribution in [3.05, 3.63) is 0 Å². The first-order valence-corrected chi connectivity index (χ1v) is 7.75. The van der Waals surface area contributed by atoms with Gasteiger partial charge in [-0.05, 0) is 45.3 Å². The molecule has 3 N–H and O–H groups in total. The first-order chi connectivity index (χ1) is 7.66. The average Bonchev–Trinajstić information content (AvgIpc) is 2.70. The molecule has 0 aliphatic carbocycles. The van der Waals surface area contributed by atoms with Crippen LogP contribution >= 0.6 is 0 Å². The number of piperidine rings is 1. The Kier molecular flexibility index (Phi) is 4.18. The van der Waals surface area contributed by atoms with Crippen molar-refractivity contribution in [3.8, 4) is 0 Å². The summed E-state index contributed by atoms with van der Waals surface area (Å²) in [6.45, 7) is 2.78. The third-order valence-electron chi connectivity index (χ3n) is 3.27. The van der Waals surface area contributed by atoms with Crippen molar-refractivity contribution in [2.24, 2.45) is 0 Å². The van der Waals surface area contributed by atoms with Crippen LogP contribution < -0.4 is 15.4 Å². The lowest BCUT2D eigenvalue weighted by molar-refractivity contribution is 0.426. The van der Waals surface area contributed by atoms with Crippen LogP contribution in [0.4, 0.5) is 0 Å². The van der Waals surface area contributed by atoms with Crippen LogP contribution in [0, 0.1) is 0 Å². The highest BCUT2D eigenvalue weighted by atomic mass is 32.2. The van der Waals surface area contributed by atoms with Crippen molar-refractivity contribution in [2.75, 3.05) is 25.4 Å². The summed E-state index contributed by atoms with van der Waals surface area (Å²) in [6, 6.07) is 0.284. The fraction of sp³-hybridized carbons (Fsp3) is 1.00. The lowest BCUT2D eigenvalue weighted by Crippen LogP contribution is -2.45. The molecule has 94 valence electrons. The smallest absolute Gasteiger partial charge is 0.213 e. The Balaban J connectivity index is 1.81. The third kappa shape index (κ3) is 3.69. The fourth-order valence-electron chi connectivity index (χ4n) is 2.41.